The van der Waals surface area contributed by atoms with Crippen molar-refractivity contribution in [2.45, 2.75) is 19.8 Å². The maximum Gasteiger partial charge on any atom is 0.224 e. The van der Waals surface area contributed by atoms with Crippen LogP contribution in [0.25, 0.3) is 0 Å². The van der Waals surface area contributed by atoms with E-state index in [4.69, 9.17) is 5.73 Å². The van der Waals surface area contributed by atoms with Gasteiger partial charge in [0.1, 0.15) is 0 Å². The Balaban J connectivity index is 1.90. The molecule has 0 radical (unpaired) electrons. The smallest absolute Gasteiger partial charge is 0.224 e. The van der Waals surface area contributed by atoms with E-state index in [2.05, 4.69) is 10.3 Å². The zero-order valence-electron chi connectivity index (χ0n) is 10.9. The minimum Gasteiger partial charge on any atom is -0.399 e. The second-order valence-corrected chi connectivity index (χ2v) is 4.43. The predicted molar refractivity (Wildman–Crippen MR) is 76.8 cm³/mol. The van der Waals surface area contributed by atoms with E-state index in [1.54, 1.807) is 12.3 Å². The topological polar surface area (TPSA) is 68.0 Å². The molecule has 1 aromatic heterocycles. The summed E-state index contributed by atoms with van der Waals surface area (Å²) in [5.41, 5.74) is 9.07. The first-order chi connectivity index (χ1) is 9.15. The summed E-state index contributed by atoms with van der Waals surface area (Å²) in [6.45, 7) is 1.87. The number of nitrogens with one attached hydrogen (secondary N) is 1. The maximum atomic E-state index is 11.9. The van der Waals surface area contributed by atoms with Gasteiger partial charge in [-0.1, -0.05) is 12.1 Å². The van der Waals surface area contributed by atoms with Crippen molar-refractivity contribution in [2.75, 3.05) is 11.1 Å². The first kappa shape index (κ1) is 13.1. The van der Waals surface area contributed by atoms with Gasteiger partial charge in [-0.15, -0.1) is 0 Å². The maximum absolute atomic E-state index is 11.9. The van der Waals surface area contributed by atoms with Gasteiger partial charge in [0.05, 0.1) is 11.4 Å². The molecule has 0 atom stereocenters. The van der Waals surface area contributed by atoms with Crippen LogP contribution in [0.3, 0.4) is 0 Å². The van der Waals surface area contributed by atoms with Crippen LogP contribution in [0.15, 0.2) is 42.6 Å². The molecule has 1 aromatic carbocycles. The van der Waals surface area contributed by atoms with E-state index in [9.17, 15) is 4.79 Å². The minimum absolute atomic E-state index is 0.0153. The van der Waals surface area contributed by atoms with Gasteiger partial charge in [0.2, 0.25) is 5.91 Å². The Morgan fingerprint density at radius 3 is 2.89 bits per heavy atom. The quantitative estimate of drug-likeness (QED) is 0.825. The molecule has 0 aliphatic carbocycles. The van der Waals surface area contributed by atoms with Gasteiger partial charge in [-0.2, -0.15) is 0 Å². The molecule has 0 unspecified atom stereocenters. The second-order valence-electron chi connectivity index (χ2n) is 4.43. The Bertz CT molecular complexity index is 581. The van der Waals surface area contributed by atoms with Crippen molar-refractivity contribution in [3.63, 3.8) is 0 Å². The van der Waals surface area contributed by atoms with Crippen molar-refractivity contribution >= 4 is 17.3 Å². The molecule has 4 heteroatoms. The number of amides is 1. The van der Waals surface area contributed by atoms with Gasteiger partial charge < -0.3 is 11.1 Å². The highest BCUT2D eigenvalue weighted by Crippen LogP contribution is 2.12. The predicted octanol–water partition coefficient (Wildman–Crippen LogP) is 2.54. The van der Waals surface area contributed by atoms with Crippen LogP contribution < -0.4 is 11.1 Å². The largest absolute Gasteiger partial charge is 0.399 e. The van der Waals surface area contributed by atoms with E-state index in [1.165, 1.54) is 0 Å². The van der Waals surface area contributed by atoms with Gasteiger partial charge in [0.25, 0.3) is 0 Å². The monoisotopic (exact) mass is 255 g/mol. The van der Waals surface area contributed by atoms with Crippen molar-refractivity contribution in [3.8, 4) is 0 Å². The fourth-order valence-electron chi connectivity index (χ4n) is 1.84. The number of hydrogen-bond donors (Lipinski definition) is 2. The molecule has 0 saturated carbocycles. The number of nitrogens with two attached hydrogens (primary N) is 1. The number of nitrogen functional groups attached to an aromatic ring is 1. The second kappa shape index (κ2) is 6.00. The fourth-order valence-corrected chi connectivity index (χ4v) is 1.84. The van der Waals surface area contributed by atoms with Crippen LogP contribution in [-0.4, -0.2) is 10.9 Å². The van der Waals surface area contributed by atoms with E-state index in [1.807, 2.05) is 37.3 Å². The molecule has 1 amide bonds. The van der Waals surface area contributed by atoms with Crippen molar-refractivity contribution < 1.29 is 4.79 Å². The molecule has 19 heavy (non-hydrogen) atoms. The van der Waals surface area contributed by atoms with E-state index >= 15 is 0 Å². The SMILES string of the molecule is Cc1ncccc1NC(=O)CCc1cccc(N)c1. The van der Waals surface area contributed by atoms with Crippen LogP contribution in [0.5, 0.6) is 0 Å². The summed E-state index contributed by atoms with van der Waals surface area (Å²) in [4.78, 5) is 16.0. The normalized spacial score (nSPS) is 10.2. The lowest BCUT2D eigenvalue weighted by Crippen LogP contribution is -2.13. The average Bonchev–Trinajstić information content (AvgIpc) is 2.39. The van der Waals surface area contributed by atoms with Crippen LogP contribution in [0, 0.1) is 6.92 Å². The van der Waals surface area contributed by atoms with Crippen LogP contribution >= 0.6 is 0 Å². The number of hydrogen-bond acceptors (Lipinski definition) is 3. The number of pyridine rings is 1. The van der Waals surface area contributed by atoms with Gasteiger partial charge in [-0.25, -0.2) is 0 Å². The van der Waals surface area contributed by atoms with Crippen LogP contribution in [0.2, 0.25) is 0 Å². The number of rotatable bonds is 4. The molecule has 2 aromatic rings. The molecule has 0 aliphatic heterocycles. The summed E-state index contributed by atoms with van der Waals surface area (Å²) < 4.78 is 0. The molecule has 0 aliphatic rings. The van der Waals surface area contributed by atoms with Crippen LogP contribution in [0.1, 0.15) is 17.7 Å². The lowest BCUT2D eigenvalue weighted by Gasteiger charge is -2.07. The third-order valence-electron chi connectivity index (χ3n) is 2.87. The Morgan fingerprint density at radius 2 is 2.16 bits per heavy atom. The van der Waals surface area contributed by atoms with E-state index in [-0.39, 0.29) is 5.91 Å². The highest BCUT2D eigenvalue weighted by atomic mass is 16.1. The summed E-state index contributed by atoms with van der Waals surface area (Å²) in [6, 6.07) is 11.2. The first-order valence-electron chi connectivity index (χ1n) is 6.21. The summed E-state index contributed by atoms with van der Waals surface area (Å²) >= 11 is 0. The van der Waals surface area contributed by atoms with Gasteiger partial charge >= 0.3 is 0 Å². The molecule has 2 rings (SSSR count). The van der Waals surface area contributed by atoms with Gasteiger partial charge in [-0.05, 0) is 43.2 Å². The Morgan fingerprint density at radius 1 is 1.32 bits per heavy atom. The molecular weight excluding hydrogens is 238 g/mol. The van der Waals surface area contributed by atoms with Crippen LogP contribution in [0.4, 0.5) is 11.4 Å². The number of aryl methyl sites for hydroxylation is 2. The number of nitrogens with zero attached hydrogens (tertiary/aromatic N) is 1. The molecule has 0 saturated heterocycles. The summed E-state index contributed by atoms with van der Waals surface area (Å²) in [7, 11) is 0. The van der Waals surface area contributed by atoms with E-state index < -0.39 is 0 Å². The molecule has 3 N–H and O–H groups in total. The van der Waals surface area contributed by atoms with Crippen molar-refractivity contribution in [1.82, 2.24) is 4.98 Å². The van der Waals surface area contributed by atoms with Gasteiger partial charge in [-0.3, -0.25) is 9.78 Å². The van der Waals surface area contributed by atoms with E-state index in [0.717, 1.165) is 22.6 Å². The summed E-state index contributed by atoms with van der Waals surface area (Å²) in [5.74, 6) is -0.0153. The molecule has 98 valence electrons. The molecular formula is C15H17N3O. The number of carbonyl (C=O) groups is 1. The Labute approximate surface area is 112 Å². The molecule has 4 nitrogen and oxygen atoms in total. The zero-order chi connectivity index (χ0) is 13.7. The Hall–Kier alpha value is -2.36. The highest BCUT2D eigenvalue weighted by molar-refractivity contribution is 5.91. The lowest BCUT2D eigenvalue weighted by atomic mass is 10.1. The van der Waals surface area contributed by atoms with Gasteiger partial charge in [0, 0.05) is 18.3 Å². The van der Waals surface area contributed by atoms with E-state index in [0.29, 0.717) is 12.8 Å². The Kier molecular flexibility index (Phi) is 4.13. The minimum atomic E-state index is -0.0153. The standard InChI is InChI=1S/C15H17N3O/c1-11-14(6-3-9-17-11)18-15(19)8-7-12-4-2-5-13(16)10-12/h2-6,9-10H,7-8,16H2,1H3,(H,18,19). The molecule has 0 fully saturated rings. The first-order valence-corrected chi connectivity index (χ1v) is 6.21. The summed E-state index contributed by atoms with van der Waals surface area (Å²) in [5, 5.41) is 2.86. The fraction of sp³-hybridized carbons (Fsp3) is 0.200. The summed E-state index contributed by atoms with van der Waals surface area (Å²) in [6.07, 6.45) is 2.81. The zero-order valence-corrected chi connectivity index (χ0v) is 10.9. The van der Waals surface area contributed by atoms with Gasteiger partial charge in [0.15, 0.2) is 0 Å². The highest BCUT2D eigenvalue weighted by Gasteiger charge is 2.05. The van der Waals surface area contributed by atoms with Crippen molar-refractivity contribution in [1.29, 1.82) is 0 Å². The van der Waals surface area contributed by atoms with Crippen molar-refractivity contribution in [2.24, 2.45) is 0 Å². The number of aromatic nitrogens is 1. The number of carbonyl (C=O) groups excluding carboxylic acids is 1. The number of anilines is 2. The average molecular weight is 255 g/mol. The lowest BCUT2D eigenvalue weighted by molar-refractivity contribution is -0.116. The third kappa shape index (κ3) is 3.81. The van der Waals surface area contributed by atoms with Crippen molar-refractivity contribution in [3.05, 3.63) is 53.9 Å². The molecule has 1 heterocycles. The number of benzene rings is 1. The molecule has 0 spiro atoms. The molecule has 0 bridgehead atoms. The third-order valence-corrected chi connectivity index (χ3v) is 2.87. The van der Waals surface area contributed by atoms with Crippen LogP contribution in [-0.2, 0) is 11.2 Å².